The summed E-state index contributed by atoms with van der Waals surface area (Å²) >= 11 is 0. The zero-order valence-electron chi connectivity index (χ0n) is 10.8. The Hall–Kier alpha value is -0.130. The third kappa shape index (κ3) is 8.57. The number of nitrogens with one attached hydrogen (secondary N) is 1. The first-order chi connectivity index (χ1) is 8.08. The van der Waals surface area contributed by atoms with Gasteiger partial charge < -0.3 is 10.1 Å². The topological polar surface area (TPSA) is 55.4 Å². The van der Waals surface area contributed by atoms with E-state index in [-0.39, 0.29) is 5.75 Å². The van der Waals surface area contributed by atoms with Crippen molar-refractivity contribution >= 4 is 9.84 Å². The lowest BCUT2D eigenvalue weighted by atomic mass is 9.98. The van der Waals surface area contributed by atoms with E-state index in [9.17, 15) is 8.42 Å². The molecule has 0 heterocycles. The largest absolute Gasteiger partial charge is 0.377 e. The SMILES string of the molecule is CS(=O)(=O)CCCNCCOC1CCCCC1. The van der Waals surface area contributed by atoms with Crippen LogP contribution < -0.4 is 5.32 Å². The van der Waals surface area contributed by atoms with Crippen LogP contribution in [0.3, 0.4) is 0 Å². The molecule has 0 radical (unpaired) electrons. The molecule has 5 heteroatoms. The Kier molecular flexibility index (Phi) is 7.08. The molecule has 0 aliphatic heterocycles. The van der Waals surface area contributed by atoms with Crippen LogP contribution in [0.5, 0.6) is 0 Å². The molecule has 1 aliphatic rings. The maximum Gasteiger partial charge on any atom is 0.147 e. The van der Waals surface area contributed by atoms with Gasteiger partial charge in [0.05, 0.1) is 18.5 Å². The van der Waals surface area contributed by atoms with E-state index in [1.807, 2.05) is 0 Å². The maximum absolute atomic E-state index is 10.9. The van der Waals surface area contributed by atoms with Gasteiger partial charge in [-0.15, -0.1) is 0 Å². The summed E-state index contributed by atoms with van der Waals surface area (Å²) in [6.07, 6.45) is 8.77. The van der Waals surface area contributed by atoms with Crippen LogP contribution in [0.15, 0.2) is 0 Å². The Balaban J connectivity index is 1.87. The molecule has 1 saturated carbocycles. The quantitative estimate of drug-likeness (QED) is 0.672. The van der Waals surface area contributed by atoms with E-state index in [0.29, 0.717) is 12.5 Å². The molecule has 1 fully saturated rings. The van der Waals surface area contributed by atoms with E-state index >= 15 is 0 Å². The van der Waals surface area contributed by atoms with E-state index in [1.54, 1.807) is 0 Å². The fraction of sp³-hybridized carbons (Fsp3) is 1.00. The van der Waals surface area contributed by atoms with Crippen molar-refractivity contribution in [3.63, 3.8) is 0 Å². The first-order valence-electron chi connectivity index (χ1n) is 6.58. The smallest absolute Gasteiger partial charge is 0.147 e. The first-order valence-corrected chi connectivity index (χ1v) is 8.64. The molecular formula is C12H25NO3S. The molecule has 1 N–H and O–H groups in total. The van der Waals surface area contributed by atoms with Crippen molar-refractivity contribution in [3.8, 4) is 0 Å². The van der Waals surface area contributed by atoms with Gasteiger partial charge in [-0.1, -0.05) is 19.3 Å². The number of ether oxygens (including phenoxy) is 1. The van der Waals surface area contributed by atoms with E-state index in [4.69, 9.17) is 4.74 Å². The molecule has 0 aromatic rings. The summed E-state index contributed by atoms with van der Waals surface area (Å²) < 4.78 is 27.5. The highest BCUT2D eigenvalue weighted by Crippen LogP contribution is 2.19. The van der Waals surface area contributed by atoms with Crippen LogP contribution >= 0.6 is 0 Å². The number of hydrogen-bond donors (Lipinski definition) is 1. The predicted octanol–water partition coefficient (Wildman–Crippen LogP) is 1.36. The van der Waals surface area contributed by atoms with Crippen molar-refractivity contribution in [1.82, 2.24) is 5.32 Å². The van der Waals surface area contributed by atoms with E-state index in [1.165, 1.54) is 38.4 Å². The van der Waals surface area contributed by atoms with Gasteiger partial charge in [0.1, 0.15) is 9.84 Å². The maximum atomic E-state index is 10.9. The Morgan fingerprint density at radius 3 is 2.53 bits per heavy atom. The van der Waals surface area contributed by atoms with Crippen LogP contribution in [-0.2, 0) is 14.6 Å². The Bertz CT molecular complexity index is 284. The van der Waals surface area contributed by atoms with Gasteiger partial charge in [-0.3, -0.25) is 0 Å². The predicted molar refractivity (Wildman–Crippen MR) is 70.0 cm³/mol. The molecule has 0 spiro atoms. The van der Waals surface area contributed by atoms with E-state index in [0.717, 1.165) is 19.7 Å². The number of sulfone groups is 1. The summed E-state index contributed by atoms with van der Waals surface area (Å²) in [4.78, 5) is 0. The molecule has 0 bridgehead atoms. The molecule has 1 rings (SSSR count). The summed E-state index contributed by atoms with van der Waals surface area (Å²) in [7, 11) is -2.81. The molecule has 1 aliphatic carbocycles. The van der Waals surface area contributed by atoms with Gasteiger partial charge in [-0.2, -0.15) is 0 Å². The second kappa shape index (κ2) is 8.06. The van der Waals surface area contributed by atoms with E-state index < -0.39 is 9.84 Å². The van der Waals surface area contributed by atoms with Gasteiger partial charge in [0.2, 0.25) is 0 Å². The van der Waals surface area contributed by atoms with Crippen LogP contribution in [0.4, 0.5) is 0 Å². The Labute approximate surface area is 105 Å². The van der Waals surface area contributed by atoms with Gasteiger partial charge in [0.15, 0.2) is 0 Å². The summed E-state index contributed by atoms with van der Waals surface area (Å²) in [6, 6.07) is 0. The number of rotatable bonds is 8. The zero-order valence-corrected chi connectivity index (χ0v) is 11.6. The third-order valence-electron chi connectivity index (χ3n) is 3.05. The molecule has 0 aromatic heterocycles. The molecule has 102 valence electrons. The van der Waals surface area contributed by atoms with Crippen molar-refractivity contribution in [1.29, 1.82) is 0 Å². The van der Waals surface area contributed by atoms with Crippen LogP contribution in [0.1, 0.15) is 38.5 Å². The van der Waals surface area contributed by atoms with Crippen molar-refractivity contribution < 1.29 is 13.2 Å². The average molecular weight is 263 g/mol. The zero-order chi connectivity index (χ0) is 12.6. The second-order valence-corrected chi connectivity index (χ2v) is 7.12. The molecule has 0 saturated heterocycles. The first kappa shape index (κ1) is 14.9. The lowest BCUT2D eigenvalue weighted by Crippen LogP contribution is -2.26. The Morgan fingerprint density at radius 2 is 1.88 bits per heavy atom. The normalized spacial score (nSPS) is 18.4. The fourth-order valence-electron chi connectivity index (χ4n) is 2.11. The van der Waals surface area contributed by atoms with Crippen molar-refractivity contribution in [3.05, 3.63) is 0 Å². The highest BCUT2D eigenvalue weighted by Gasteiger charge is 2.12. The van der Waals surface area contributed by atoms with Crippen LogP contribution in [0.2, 0.25) is 0 Å². The minimum Gasteiger partial charge on any atom is -0.377 e. The lowest BCUT2D eigenvalue weighted by Gasteiger charge is -2.22. The van der Waals surface area contributed by atoms with Crippen molar-refractivity contribution in [2.75, 3.05) is 31.7 Å². The fourth-order valence-corrected chi connectivity index (χ4v) is 2.78. The summed E-state index contributed by atoms with van der Waals surface area (Å²) in [5.74, 6) is 0.267. The van der Waals surface area contributed by atoms with Crippen LogP contribution in [-0.4, -0.2) is 46.2 Å². The highest BCUT2D eigenvalue weighted by molar-refractivity contribution is 7.90. The van der Waals surface area contributed by atoms with Crippen LogP contribution in [0, 0.1) is 0 Å². The van der Waals surface area contributed by atoms with Crippen LogP contribution in [0.25, 0.3) is 0 Å². The number of hydrogen-bond acceptors (Lipinski definition) is 4. The monoisotopic (exact) mass is 263 g/mol. The lowest BCUT2D eigenvalue weighted by molar-refractivity contribution is 0.0304. The van der Waals surface area contributed by atoms with Gasteiger partial charge in [0.25, 0.3) is 0 Å². The molecule has 0 amide bonds. The minimum atomic E-state index is -2.81. The highest BCUT2D eigenvalue weighted by atomic mass is 32.2. The molecule has 0 atom stereocenters. The molecule has 4 nitrogen and oxygen atoms in total. The minimum absolute atomic E-state index is 0.267. The summed E-state index contributed by atoms with van der Waals surface area (Å²) in [5, 5.41) is 3.21. The molecular weight excluding hydrogens is 238 g/mol. The van der Waals surface area contributed by atoms with Crippen molar-refractivity contribution in [2.24, 2.45) is 0 Å². The third-order valence-corrected chi connectivity index (χ3v) is 4.08. The van der Waals surface area contributed by atoms with Gasteiger partial charge >= 0.3 is 0 Å². The Morgan fingerprint density at radius 1 is 1.18 bits per heavy atom. The van der Waals surface area contributed by atoms with Crippen molar-refractivity contribution in [2.45, 2.75) is 44.6 Å². The van der Waals surface area contributed by atoms with Gasteiger partial charge in [-0.25, -0.2) is 8.42 Å². The summed E-state index contributed by atoms with van der Waals surface area (Å²) in [6.45, 7) is 2.31. The average Bonchev–Trinajstić information content (AvgIpc) is 2.28. The second-order valence-electron chi connectivity index (χ2n) is 4.86. The standard InChI is InChI=1S/C12H25NO3S/c1-17(14,15)11-5-8-13-9-10-16-12-6-3-2-4-7-12/h12-13H,2-11H2,1H3. The molecule has 0 aromatic carbocycles. The van der Waals surface area contributed by atoms with Gasteiger partial charge in [0, 0.05) is 12.8 Å². The molecule has 17 heavy (non-hydrogen) atoms. The van der Waals surface area contributed by atoms with E-state index in [2.05, 4.69) is 5.32 Å². The van der Waals surface area contributed by atoms with Gasteiger partial charge in [-0.05, 0) is 25.8 Å². The molecule has 0 unspecified atom stereocenters. The summed E-state index contributed by atoms with van der Waals surface area (Å²) in [5.41, 5.74) is 0.